The summed E-state index contributed by atoms with van der Waals surface area (Å²) in [7, 11) is -2.20. The molecule has 1 N–H and O–H groups in total. The summed E-state index contributed by atoms with van der Waals surface area (Å²) >= 11 is 0. The van der Waals surface area contributed by atoms with Crippen molar-refractivity contribution < 1.29 is 18.1 Å². The van der Waals surface area contributed by atoms with Gasteiger partial charge in [0.05, 0.1) is 32.7 Å². The summed E-state index contributed by atoms with van der Waals surface area (Å²) in [5.74, 6) is -0.150. The Bertz CT molecular complexity index is 922. The van der Waals surface area contributed by atoms with Crippen molar-refractivity contribution in [3.8, 4) is 0 Å². The zero-order valence-electron chi connectivity index (χ0n) is 16.7. The van der Waals surface area contributed by atoms with Gasteiger partial charge in [-0.1, -0.05) is 60.7 Å². The summed E-state index contributed by atoms with van der Waals surface area (Å²) in [5.41, 5.74) is 2.09. The Morgan fingerprint density at radius 1 is 1.03 bits per heavy atom. The zero-order chi connectivity index (χ0) is 20.7. The van der Waals surface area contributed by atoms with E-state index in [9.17, 15) is 13.2 Å². The van der Waals surface area contributed by atoms with Crippen molar-refractivity contribution in [2.75, 3.05) is 39.8 Å². The van der Waals surface area contributed by atoms with Crippen LogP contribution in [0.15, 0.2) is 66.1 Å². The number of rotatable bonds is 7. The summed E-state index contributed by atoms with van der Waals surface area (Å²) in [4.78, 5) is 15.8. The van der Waals surface area contributed by atoms with Gasteiger partial charge in [-0.3, -0.25) is 4.79 Å². The number of piperazine rings is 1. The first kappa shape index (κ1) is 21.2. The third-order valence-corrected chi connectivity index (χ3v) is 6.62. The molecule has 1 fully saturated rings. The molecule has 0 spiro atoms. The molecule has 0 unspecified atom stereocenters. The van der Waals surface area contributed by atoms with E-state index in [0.29, 0.717) is 13.1 Å². The molecule has 1 heterocycles. The van der Waals surface area contributed by atoms with Crippen molar-refractivity contribution in [2.45, 2.75) is 6.54 Å². The van der Waals surface area contributed by atoms with E-state index in [2.05, 4.69) is 12.1 Å². The molecule has 29 heavy (non-hydrogen) atoms. The Morgan fingerprint density at radius 2 is 1.62 bits per heavy atom. The number of nitrogens with one attached hydrogen (secondary N) is 1. The lowest BCUT2D eigenvalue weighted by Gasteiger charge is -2.33. The summed E-state index contributed by atoms with van der Waals surface area (Å²) < 4.78 is 26.0. The van der Waals surface area contributed by atoms with E-state index in [-0.39, 0.29) is 12.5 Å². The molecule has 0 radical (unpaired) electrons. The molecule has 2 aromatic rings. The molecule has 1 aliphatic rings. The topological polar surface area (TPSA) is 62.1 Å². The van der Waals surface area contributed by atoms with Crippen molar-refractivity contribution in [1.29, 1.82) is 0 Å². The van der Waals surface area contributed by atoms with Gasteiger partial charge in [0, 0.05) is 18.0 Å². The highest BCUT2D eigenvalue weighted by Crippen LogP contribution is 2.07. The highest BCUT2D eigenvalue weighted by Gasteiger charge is 2.26. The highest BCUT2D eigenvalue weighted by atomic mass is 32.2. The third-order valence-electron chi connectivity index (χ3n) is 5.14. The highest BCUT2D eigenvalue weighted by molar-refractivity contribution is 7.92. The van der Waals surface area contributed by atoms with Crippen LogP contribution in [-0.4, -0.2) is 63.3 Å². The molecule has 0 aromatic heterocycles. The van der Waals surface area contributed by atoms with Crippen molar-refractivity contribution >= 4 is 22.0 Å². The van der Waals surface area contributed by atoms with Crippen LogP contribution in [0.3, 0.4) is 0 Å². The lowest BCUT2D eigenvalue weighted by Crippen LogP contribution is -3.13. The molecule has 7 heteroatoms. The van der Waals surface area contributed by atoms with Crippen LogP contribution < -0.4 is 4.90 Å². The average Bonchev–Trinajstić information content (AvgIpc) is 2.74. The monoisotopic (exact) mass is 414 g/mol. The second kappa shape index (κ2) is 9.82. The molecule has 0 saturated carbocycles. The summed E-state index contributed by atoms with van der Waals surface area (Å²) in [5, 5.41) is 1.15. The van der Waals surface area contributed by atoms with E-state index in [1.165, 1.54) is 17.5 Å². The number of likely N-dealkylation sites (N-methyl/N-ethyl adjacent to an activating group) is 1. The minimum atomic E-state index is -3.64. The van der Waals surface area contributed by atoms with Crippen LogP contribution in [0, 0.1) is 0 Å². The Kier molecular flexibility index (Phi) is 7.19. The van der Waals surface area contributed by atoms with Gasteiger partial charge in [-0.2, -0.15) is 4.31 Å². The van der Waals surface area contributed by atoms with Gasteiger partial charge in [-0.15, -0.1) is 0 Å². The van der Waals surface area contributed by atoms with Crippen LogP contribution in [0.25, 0.3) is 6.08 Å². The Morgan fingerprint density at radius 3 is 2.24 bits per heavy atom. The first-order chi connectivity index (χ1) is 13.9. The molecule has 154 valence electrons. The van der Waals surface area contributed by atoms with Gasteiger partial charge < -0.3 is 9.80 Å². The maximum absolute atomic E-state index is 12.6. The number of hydrogen-bond donors (Lipinski definition) is 1. The van der Waals surface area contributed by atoms with Gasteiger partial charge in [0.2, 0.25) is 15.9 Å². The van der Waals surface area contributed by atoms with Gasteiger partial charge in [0.15, 0.2) is 0 Å². The number of sulfonamides is 1. The Labute approximate surface area is 173 Å². The second-order valence-corrected chi connectivity index (χ2v) is 9.23. The predicted octanol–water partition coefficient (Wildman–Crippen LogP) is 0.846. The summed E-state index contributed by atoms with van der Waals surface area (Å²) in [6, 6.07) is 19.5. The molecule has 3 rings (SSSR count). The number of nitrogens with zero attached hydrogens (tertiary/aromatic N) is 2. The molecular formula is C22H28N3O3S+. The van der Waals surface area contributed by atoms with Gasteiger partial charge in [-0.25, -0.2) is 8.42 Å². The number of amides is 1. The quantitative estimate of drug-likeness (QED) is 0.731. The van der Waals surface area contributed by atoms with Crippen LogP contribution in [0.2, 0.25) is 0 Å². The summed E-state index contributed by atoms with van der Waals surface area (Å²) in [6.07, 6.45) is 1.54. The average molecular weight is 415 g/mol. The molecule has 1 amide bonds. The lowest BCUT2D eigenvalue weighted by molar-refractivity contribution is -0.917. The third kappa shape index (κ3) is 6.25. The van der Waals surface area contributed by atoms with Crippen molar-refractivity contribution in [1.82, 2.24) is 9.21 Å². The van der Waals surface area contributed by atoms with E-state index >= 15 is 0 Å². The second-order valence-electron chi connectivity index (χ2n) is 7.31. The number of benzene rings is 2. The largest absolute Gasteiger partial charge is 0.330 e. The standard InChI is InChI=1S/C22H27N3O3S/c1-23(29(27,28)17-12-20-8-4-2-5-9-20)19-22(26)25-15-13-24(14-16-25)18-21-10-6-3-7-11-21/h2-12,17H,13-16,18-19H2,1H3/p+1/b17-12+. The minimum absolute atomic E-state index is 0.143. The van der Waals surface area contributed by atoms with E-state index in [4.69, 9.17) is 0 Å². The molecule has 2 aromatic carbocycles. The fourth-order valence-electron chi connectivity index (χ4n) is 3.35. The zero-order valence-corrected chi connectivity index (χ0v) is 17.5. The number of carbonyl (C=O) groups is 1. The van der Waals surface area contributed by atoms with Gasteiger partial charge in [0.1, 0.15) is 6.54 Å². The van der Waals surface area contributed by atoms with Crippen molar-refractivity contribution in [3.63, 3.8) is 0 Å². The van der Waals surface area contributed by atoms with Gasteiger partial charge >= 0.3 is 0 Å². The van der Waals surface area contributed by atoms with Crippen LogP contribution in [-0.2, 0) is 21.4 Å². The smallest absolute Gasteiger partial charge is 0.238 e. The SMILES string of the molecule is CN(CC(=O)N1CC[NH+](Cc2ccccc2)CC1)S(=O)(=O)/C=C/c1ccccc1. The number of quaternary nitrogens is 1. The van der Waals surface area contributed by atoms with Crippen molar-refractivity contribution in [3.05, 3.63) is 77.2 Å². The molecule has 1 aliphatic heterocycles. The van der Waals surface area contributed by atoms with E-state index < -0.39 is 10.0 Å². The lowest BCUT2D eigenvalue weighted by atomic mass is 10.2. The molecule has 0 aliphatic carbocycles. The van der Waals surface area contributed by atoms with E-state index in [1.54, 1.807) is 11.0 Å². The Hall–Kier alpha value is -2.48. The first-order valence-electron chi connectivity index (χ1n) is 9.79. The molecule has 6 nitrogen and oxygen atoms in total. The van der Waals surface area contributed by atoms with Crippen LogP contribution in [0.4, 0.5) is 0 Å². The maximum atomic E-state index is 12.6. The first-order valence-corrected chi connectivity index (χ1v) is 11.3. The van der Waals surface area contributed by atoms with Gasteiger partial charge in [0.25, 0.3) is 0 Å². The van der Waals surface area contributed by atoms with Gasteiger partial charge in [-0.05, 0) is 11.6 Å². The van der Waals surface area contributed by atoms with Crippen molar-refractivity contribution in [2.24, 2.45) is 0 Å². The van der Waals surface area contributed by atoms with E-state index in [0.717, 1.165) is 34.9 Å². The molecule has 0 bridgehead atoms. The predicted molar refractivity (Wildman–Crippen MR) is 114 cm³/mol. The maximum Gasteiger partial charge on any atom is 0.238 e. The normalized spacial score (nSPS) is 15.9. The fourth-order valence-corrected chi connectivity index (χ4v) is 4.17. The van der Waals surface area contributed by atoms with E-state index in [1.807, 2.05) is 48.5 Å². The molecule has 0 atom stereocenters. The van der Waals surface area contributed by atoms with Crippen LogP contribution >= 0.6 is 0 Å². The summed E-state index contributed by atoms with van der Waals surface area (Å²) in [6.45, 7) is 3.83. The number of carbonyl (C=O) groups excluding carboxylic acids is 1. The molecule has 1 saturated heterocycles. The molecular weight excluding hydrogens is 386 g/mol. The Balaban J connectivity index is 1.49. The minimum Gasteiger partial charge on any atom is -0.330 e. The fraction of sp³-hybridized carbons (Fsp3) is 0.318. The van der Waals surface area contributed by atoms with Crippen LogP contribution in [0.5, 0.6) is 0 Å². The number of hydrogen-bond acceptors (Lipinski definition) is 3. The van der Waals surface area contributed by atoms with Crippen LogP contribution in [0.1, 0.15) is 11.1 Å².